The lowest BCUT2D eigenvalue weighted by Crippen LogP contribution is -2.27. The number of aryl methyl sites for hydroxylation is 1. The fourth-order valence-corrected chi connectivity index (χ4v) is 3.65. The molecular formula is C15H19N3OS. The molecule has 0 radical (unpaired) electrons. The Balaban J connectivity index is 1.88. The van der Waals surface area contributed by atoms with Gasteiger partial charge in [0, 0.05) is 35.8 Å². The first-order valence-corrected chi connectivity index (χ1v) is 7.61. The van der Waals surface area contributed by atoms with Gasteiger partial charge in [0.1, 0.15) is 10.8 Å². The van der Waals surface area contributed by atoms with E-state index in [1.807, 2.05) is 19.1 Å². The lowest BCUT2D eigenvalue weighted by molar-refractivity contribution is 0.209. The maximum absolute atomic E-state index is 5.99. The molecule has 1 unspecified atom stereocenters. The lowest BCUT2D eigenvalue weighted by Gasteiger charge is -2.22. The van der Waals surface area contributed by atoms with Crippen molar-refractivity contribution in [2.45, 2.75) is 26.1 Å². The standard InChI is InChI=1S/C15H19N3OS/c1-10-9-20-15(17-10)8-18-7-12-11(13(18)6-16)4-3-5-14(12)19-2/h3-5,9,13H,6-8,16H2,1-2H3. The predicted octanol–water partition coefficient (Wildman–Crippen LogP) is 2.48. The number of hydrogen-bond donors (Lipinski definition) is 1. The molecule has 2 aromatic rings. The first-order chi connectivity index (χ1) is 9.72. The Kier molecular flexibility index (Phi) is 3.74. The third-order valence-corrected chi connectivity index (χ3v) is 4.73. The van der Waals surface area contributed by atoms with Crippen molar-refractivity contribution in [3.8, 4) is 5.75 Å². The van der Waals surface area contributed by atoms with E-state index in [9.17, 15) is 0 Å². The number of fused-ring (bicyclic) bond motifs is 1. The second-order valence-electron chi connectivity index (χ2n) is 5.07. The molecule has 1 atom stereocenters. The topological polar surface area (TPSA) is 51.4 Å². The summed E-state index contributed by atoms with van der Waals surface area (Å²) >= 11 is 1.71. The lowest BCUT2D eigenvalue weighted by atomic mass is 10.0. The molecule has 3 rings (SSSR count). The van der Waals surface area contributed by atoms with Crippen LogP contribution in [-0.4, -0.2) is 23.5 Å². The van der Waals surface area contributed by atoms with Crippen molar-refractivity contribution >= 4 is 11.3 Å². The number of benzene rings is 1. The summed E-state index contributed by atoms with van der Waals surface area (Å²) in [5.74, 6) is 0.957. The van der Waals surface area contributed by atoms with E-state index in [1.54, 1.807) is 18.4 Å². The van der Waals surface area contributed by atoms with Crippen LogP contribution < -0.4 is 10.5 Å². The second-order valence-corrected chi connectivity index (χ2v) is 6.01. The number of aromatic nitrogens is 1. The van der Waals surface area contributed by atoms with Crippen LogP contribution in [0.3, 0.4) is 0 Å². The zero-order valence-electron chi connectivity index (χ0n) is 11.8. The Labute approximate surface area is 123 Å². The molecule has 2 N–H and O–H groups in total. The van der Waals surface area contributed by atoms with Gasteiger partial charge in [-0.1, -0.05) is 12.1 Å². The molecule has 1 aromatic heterocycles. The number of rotatable bonds is 4. The minimum atomic E-state index is 0.254. The van der Waals surface area contributed by atoms with E-state index >= 15 is 0 Å². The van der Waals surface area contributed by atoms with Gasteiger partial charge in [-0.2, -0.15) is 0 Å². The molecule has 0 saturated heterocycles. The summed E-state index contributed by atoms with van der Waals surface area (Å²) in [6.07, 6.45) is 0. The number of thiazole rings is 1. The molecule has 0 bridgehead atoms. The van der Waals surface area contributed by atoms with Gasteiger partial charge >= 0.3 is 0 Å². The Morgan fingerprint density at radius 3 is 3.00 bits per heavy atom. The molecule has 1 aromatic carbocycles. The van der Waals surface area contributed by atoms with E-state index in [0.717, 1.165) is 29.5 Å². The molecular weight excluding hydrogens is 270 g/mol. The highest BCUT2D eigenvalue weighted by Gasteiger charge is 2.31. The number of ether oxygens (including phenoxy) is 1. The van der Waals surface area contributed by atoms with E-state index in [-0.39, 0.29) is 6.04 Å². The van der Waals surface area contributed by atoms with Crippen molar-refractivity contribution in [2.24, 2.45) is 5.73 Å². The summed E-state index contributed by atoms with van der Waals surface area (Å²) in [6, 6.07) is 6.47. The van der Waals surface area contributed by atoms with E-state index in [0.29, 0.717) is 6.54 Å². The second kappa shape index (κ2) is 5.52. The monoisotopic (exact) mass is 289 g/mol. The summed E-state index contributed by atoms with van der Waals surface area (Å²) in [7, 11) is 1.72. The zero-order chi connectivity index (χ0) is 14.1. The van der Waals surface area contributed by atoms with Crippen LogP contribution in [-0.2, 0) is 13.1 Å². The number of methoxy groups -OCH3 is 1. The molecule has 0 spiro atoms. The van der Waals surface area contributed by atoms with Gasteiger partial charge in [0.25, 0.3) is 0 Å². The molecule has 5 heteroatoms. The molecule has 20 heavy (non-hydrogen) atoms. The largest absolute Gasteiger partial charge is 0.496 e. The van der Waals surface area contributed by atoms with Crippen LogP contribution >= 0.6 is 11.3 Å². The van der Waals surface area contributed by atoms with Gasteiger partial charge in [0.05, 0.1) is 13.7 Å². The normalized spacial score (nSPS) is 18.2. The smallest absolute Gasteiger partial charge is 0.123 e. The summed E-state index contributed by atoms with van der Waals surface area (Å²) in [6.45, 7) is 4.37. The van der Waals surface area contributed by atoms with Gasteiger partial charge in [-0.25, -0.2) is 4.98 Å². The minimum absolute atomic E-state index is 0.254. The van der Waals surface area contributed by atoms with Crippen LogP contribution in [0.25, 0.3) is 0 Å². The Morgan fingerprint density at radius 1 is 1.50 bits per heavy atom. The SMILES string of the molecule is COc1cccc2c1CN(Cc1nc(C)cs1)C2CN. The molecule has 0 aliphatic carbocycles. The van der Waals surface area contributed by atoms with E-state index in [2.05, 4.69) is 21.3 Å². The first kappa shape index (κ1) is 13.5. The quantitative estimate of drug-likeness (QED) is 0.939. The maximum Gasteiger partial charge on any atom is 0.123 e. The molecule has 1 aliphatic rings. The molecule has 0 fully saturated rings. The highest BCUT2D eigenvalue weighted by Crippen LogP contribution is 2.39. The third kappa shape index (κ3) is 2.32. The Hall–Kier alpha value is -1.43. The summed E-state index contributed by atoms with van der Waals surface area (Å²) < 4.78 is 5.47. The van der Waals surface area contributed by atoms with Gasteiger partial charge in [-0.05, 0) is 18.6 Å². The van der Waals surface area contributed by atoms with Gasteiger partial charge in [-0.3, -0.25) is 4.90 Å². The average Bonchev–Trinajstić information content (AvgIpc) is 3.01. The zero-order valence-corrected chi connectivity index (χ0v) is 12.6. The molecule has 0 amide bonds. The van der Waals surface area contributed by atoms with Crippen molar-refractivity contribution in [3.63, 3.8) is 0 Å². The fourth-order valence-electron chi connectivity index (χ4n) is 2.86. The Morgan fingerprint density at radius 2 is 2.35 bits per heavy atom. The predicted molar refractivity (Wildman–Crippen MR) is 80.9 cm³/mol. The highest BCUT2D eigenvalue weighted by atomic mass is 32.1. The maximum atomic E-state index is 5.99. The van der Waals surface area contributed by atoms with E-state index in [4.69, 9.17) is 10.5 Å². The van der Waals surface area contributed by atoms with Gasteiger partial charge < -0.3 is 10.5 Å². The molecule has 0 saturated carbocycles. The molecule has 106 valence electrons. The van der Waals surface area contributed by atoms with Gasteiger partial charge in [-0.15, -0.1) is 11.3 Å². The average molecular weight is 289 g/mol. The Bertz CT molecular complexity index is 611. The van der Waals surface area contributed by atoms with Gasteiger partial charge in [0.15, 0.2) is 0 Å². The first-order valence-electron chi connectivity index (χ1n) is 6.74. The van der Waals surface area contributed by atoms with Crippen LogP contribution in [0.4, 0.5) is 0 Å². The highest BCUT2D eigenvalue weighted by molar-refractivity contribution is 7.09. The van der Waals surface area contributed by atoms with Crippen LogP contribution in [0.15, 0.2) is 23.6 Å². The van der Waals surface area contributed by atoms with Crippen LogP contribution in [0.5, 0.6) is 5.75 Å². The third-order valence-electron chi connectivity index (χ3n) is 3.78. The molecule has 1 aliphatic heterocycles. The van der Waals surface area contributed by atoms with Gasteiger partial charge in [0.2, 0.25) is 0 Å². The van der Waals surface area contributed by atoms with Crippen LogP contribution in [0.1, 0.15) is 27.9 Å². The summed E-state index contributed by atoms with van der Waals surface area (Å²) in [5.41, 5.74) is 9.63. The molecule has 4 nitrogen and oxygen atoms in total. The number of hydrogen-bond acceptors (Lipinski definition) is 5. The number of nitrogens with zero attached hydrogens (tertiary/aromatic N) is 2. The van der Waals surface area contributed by atoms with Crippen molar-refractivity contribution in [2.75, 3.05) is 13.7 Å². The van der Waals surface area contributed by atoms with Crippen molar-refractivity contribution in [1.82, 2.24) is 9.88 Å². The van der Waals surface area contributed by atoms with Crippen molar-refractivity contribution in [3.05, 3.63) is 45.4 Å². The van der Waals surface area contributed by atoms with Crippen LogP contribution in [0.2, 0.25) is 0 Å². The van der Waals surface area contributed by atoms with E-state index < -0.39 is 0 Å². The number of nitrogens with two attached hydrogens (primary N) is 1. The molecule has 2 heterocycles. The van der Waals surface area contributed by atoms with Crippen molar-refractivity contribution in [1.29, 1.82) is 0 Å². The fraction of sp³-hybridized carbons (Fsp3) is 0.400. The minimum Gasteiger partial charge on any atom is -0.496 e. The van der Waals surface area contributed by atoms with Crippen molar-refractivity contribution < 1.29 is 4.74 Å². The summed E-state index contributed by atoms with van der Waals surface area (Å²) in [5, 5.41) is 3.24. The summed E-state index contributed by atoms with van der Waals surface area (Å²) in [4.78, 5) is 6.93. The van der Waals surface area contributed by atoms with Crippen LogP contribution in [0, 0.1) is 6.92 Å². The van der Waals surface area contributed by atoms with E-state index in [1.165, 1.54) is 11.1 Å².